The van der Waals surface area contributed by atoms with Gasteiger partial charge in [0.25, 0.3) is 0 Å². The zero-order valence-electron chi connectivity index (χ0n) is 15.5. The van der Waals surface area contributed by atoms with Crippen LogP contribution in [-0.2, 0) is 14.6 Å². The average Bonchev–Trinajstić information content (AvgIpc) is 3.24. The molecular weight excluding hydrogens is 384 g/mol. The summed E-state index contributed by atoms with van der Waals surface area (Å²) >= 11 is 1.27. The number of aromatic nitrogens is 3. The minimum absolute atomic E-state index is 0.0642. The largest absolute Gasteiger partial charge is 0.338 e. The van der Waals surface area contributed by atoms with E-state index in [1.54, 1.807) is 4.90 Å². The molecule has 1 aromatic carbocycles. The van der Waals surface area contributed by atoms with E-state index in [1.165, 1.54) is 17.3 Å². The first-order valence-corrected chi connectivity index (χ1v) is 11.8. The van der Waals surface area contributed by atoms with Gasteiger partial charge in [0.15, 0.2) is 15.7 Å². The molecule has 2 aromatic rings. The first-order chi connectivity index (χ1) is 12.9. The van der Waals surface area contributed by atoms with E-state index < -0.39 is 9.84 Å². The van der Waals surface area contributed by atoms with Crippen molar-refractivity contribution in [3.05, 3.63) is 29.8 Å². The number of amides is 1. The normalized spacial score (nSPS) is 18.5. The number of hydrogen-bond acceptors (Lipinski definition) is 6. The number of carbonyl (C=O) groups is 1. The molecule has 0 spiro atoms. The highest BCUT2D eigenvalue weighted by Gasteiger charge is 2.34. The molecule has 0 radical (unpaired) electrons. The molecule has 1 aliphatic rings. The lowest BCUT2D eigenvalue weighted by Crippen LogP contribution is -2.42. The summed E-state index contributed by atoms with van der Waals surface area (Å²) in [5.41, 5.74) is 2.11. The fourth-order valence-corrected chi connectivity index (χ4v) is 5.55. The van der Waals surface area contributed by atoms with Gasteiger partial charge in [-0.3, -0.25) is 9.89 Å². The van der Waals surface area contributed by atoms with Crippen LogP contribution in [0.25, 0.3) is 11.4 Å². The Morgan fingerprint density at radius 1 is 1.33 bits per heavy atom. The summed E-state index contributed by atoms with van der Waals surface area (Å²) in [6, 6.07) is 7.75. The number of carbonyl (C=O) groups excluding carboxylic acids is 1. The van der Waals surface area contributed by atoms with Crippen LogP contribution in [0, 0.1) is 6.92 Å². The Kier molecular flexibility index (Phi) is 6.21. The summed E-state index contributed by atoms with van der Waals surface area (Å²) < 4.78 is 23.5. The van der Waals surface area contributed by atoms with Crippen LogP contribution in [0.3, 0.4) is 0 Å². The summed E-state index contributed by atoms with van der Waals surface area (Å²) in [7, 11) is -3.02. The van der Waals surface area contributed by atoms with Gasteiger partial charge in [-0.05, 0) is 19.8 Å². The maximum absolute atomic E-state index is 12.7. The average molecular weight is 409 g/mol. The number of nitrogens with one attached hydrogen (secondary N) is 1. The van der Waals surface area contributed by atoms with E-state index in [0.717, 1.165) is 12.0 Å². The number of sulfone groups is 1. The SMILES string of the molecule is CCCN(C(=O)CSc1n[nH]c(-c2ccc(C)cc2)n1)[C@@H]1CCS(=O)(=O)C1. The number of hydrogen-bond donors (Lipinski definition) is 1. The van der Waals surface area contributed by atoms with Crippen LogP contribution in [0.4, 0.5) is 0 Å². The Morgan fingerprint density at radius 2 is 2.07 bits per heavy atom. The van der Waals surface area contributed by atoms with Crippen LogP contribution >= 0.6 is 11.8 Å². The van der Waals surface area contributed by atoms with Crippen LogP contribution in [0.2, 0.25) is 0 Å². The van der Waals surface area contributed by atoms with Crippen molar-refractivity contribution >= 4 is 27.5 Å². The molecule has 0 aliphatic carbocycles. The lowest BCUT2D eigenvalue weighted by Gasteiger charge is -2.27. The molecule has 0 bridgehead atoms. The Morgan fingerprint density at radius 3 is 2.70 bits per heavy atom. The Bertz CT molecular complexity index is 894. The summed E-state index contributed by atoms with van der Waals surface area (Å²) in [6.07, 6.45) is 1.32. The monoisotopic (exact) mass is 408 g/mol. The maximum atomic E-state index is 12.7. The molecule has 0 unspecified atom stereocenters. The van der Waals surface area contributed by atoms with Crippen molar-refractivity contribution in [1.82, 2.24) is 20.1 Å². The van der Waals surface area contributed by atoms with Gasteiger partial charge in [-0.2, -0.15) is 0 Å². The lowest BCUT2D eigenvalue weighted by molar-refractivity contribution is -0.130. The van der Waals surface area contributed by atoms with E-state index in [9.17, 15) is 13.2 Å². The third-order valence-corrected chi connectivity index (χ3v) is 7.13. The van der Waals surface area contributed by atoms with Crippen LogP contribution < -0.4 is 0 Å². The first-order valence-electron chi connectivity index (χ1n) is 9.00. The minimum Gasteiger partial charge on any atom is -0.338 e. The summed E-state index contributed by atoms with van der Waals surface area (Å²) in [5.74, 6) is 1.03. The molecule has 7 nitrogen and oxygen atoms in total. The van der Waals surface area contributed by atoms with Gasteiger partial charge in [0.2, 0.25) is 11.1 Å². The number of benzene rings is 1. The van der Waals surface area contributed by atoms with Crippen molar-refractivity contribution in [2.24, 2.45) is 0 Å². The van der Waals surface area contributed by atoms with E-state index in [-0.39, 0.29) is 29.2 Å². The fourth-order valence-electron chi connectivity index (χ4n) is 3.13. The third-order valence-electron chi connectivity index (χ3n) is 4.55. The van der Waals surface area contributed by atoms with Gasteiger partial charge in [0, 0.05) is 18.2 Å². The highest BCUT2D eigenvalue weighted by atomic mass is 32.2. The van der Waals surface area contributed by atoms with Crippen molar-refractivity contribution in [2.45, 2.75) is 37.9 Å². The fraction of sp³-hybridized carbons (Fsp3) is 0.500. The number of thioether (sulfide) groups is 1. The molecular formula is C18H24N4O3S2. The number of H-pyrrole nitrogens is 1. The lowest BCUT2D eigenvalue weighted by atomic mass is 10.1. The molecule has 1 fully saturated rings. The molecule has 1 saturated heterocycles. The molecule has 1 aromatic heterocycles. The number of rotatable bonds is 7. The predicted molar refractivity (Wildman–Crippen MR) is 106 cm³/mol. The van der Waals surface area contributed by atoms with Gasteiger partial charge in [-0.15, -0.1) is 5.10 Å². The Labute approximate surface area is 163 Å². The number of nitrogens with zero attached hydrogens (tertiary/aromatic N) is 3. The van der Waals surface area contributed by atoms with Crippen LogP contribution in [-0.4, -0.2) is 64.3 Å². The van der Waals surface area contributed by atoms with Gasteiger partial charge < -0.3 is 4.90 Å². The second kappa shape index (κ2) is 8.43. The van der Waals surface area contributed by atoms with Crippen LogP contribution in [0.5, 0.6) is 0 Å². The summed E-state index contributed by atoms with van der Waals surface area (Å²) in [5, 5.41) is 7.58. The second-order valence-corrected chi connectivity index (χ2v) is 9.94. The van der Waals surface area contributed by atoms with Crippen LogP contribution in [0.1, 0.15) is 25.3 Å². The van der Waals surface area contributed by atoms with E-state index in [2.05, 4.69) is 15.2 Å². The van der Waals surface area contributed by atoms with E-state index in [1.807, 2.05) is 38.1 Å². The zero-order valence-corrected chi connectivity index (χ0v) is 17.1. The number of aromatic amines is 1. The van der Waals surface area contributed by atoms with Crippen LogP contribution in [0.15, 0.2) is 29.4 Å². The van der Waals surface area contributed by atoms with E-state index in [4.69, 9.17) is 0 Å². The topological polar surface area (TPSA) is 96.0 Å². The molecule has 1 N–H and O–H groups in total. The van der Waals surface area contributed by atoms with E-state index in [0.29, 0.717) is 23.9 Å². The highest BCUT2D eigenvalue weighted by molar-refractivity contribution is 7.99. The van der Waals surface area contributed by atoms with Crippen molar-refractivity contribution in [1.29, 1.82) is 0 Å². The Hall–Kier alpha value is -1.87. The highest BCUT2D eigenvalue weighted by Crippen LogP contribution is 2.22. The van der Waals surface area contributed by atoms with Crippen molar-refractivity contribution in [3.8, 4) is 11.4 Å². The second-order valence-electron chi connectivity index (χ2n) is 6.77. The quantitative estimate of drug-likeness (QED) is 0.706. The van der Waals surface area contributed by atoms with Crippen molar-refractivity contribution in [2.75, 3.05) is 23.8 Å². The first kappa shape index (κ1) is 19.9. The zero-order chi connectivity index (χ0) is 19.4. The minimum atomic E-state index is -3.02. The predicted octanol–water partition coefficient (Wildman–Crippen LogP) is 2.30. The molecule has 9 heteroatoms. The van der Waals surface area contributed by atoms with Crippen molar-refractivity contribution < 1.29 is 13.2 Å². The molecule has 2 heterocycles. The van der Waals surface area contributed by atoms with Gasteiger partial charge >= 0.3 is 0 Å². The molecule has 1 aliphatic heterocycles. The van der Waals surface area contributed by atoms with E-state index >= 15 is 0 Å². The van der Waals surface area contributed by atoms with Gasteiger partial charge in [-0.1, -0.05) is 48.5 Å². The van der Waals surface area contributed by atoms with Crippen molar-refractivity contribution in [3.63, 3.8) is 0 Å². The summed E-state index contributed by atoms with van der Waals surface area (Å²) in [6.45, 7) is 4.58. The molecule has 27 heavy (non-hydrogen) atoms. The van der Waals surface area contributed by atoms with Gasteiger partial charge in [-0.25, -0.2) is 13.4 Å². The molecule has 0 saturated carbocycles. The molecule has 1 amide bonds. The molecule has 1 atom stereocenters. The molecule has 3 rings (SSSR count). The standard InChI is InChI=1S/C18H24N4O3S2/c1-3-9-22(15-8-10-27(24,25)12-15)16(23)11-26-18-19-17(20-21-18)14-6-4-13(2)5-7-14/h4-7,15H,3,8-12H2,1-2H3,(H,19,20,21)/t15-/m1/s1. The third kappa shape index (κ3) is 5.10. The maximum Gasteiger partial charge on any atom is 0.233 e. The number of aryl methyl sites for hydroxylation is 1. The molecule has 146 valence electrons. The van der Waals surface area contributed by atoms with Gasteiger partial charge in [0.05, 0.1) is 17.3 Å². The Balaban J connectivity index is 1.61. The van der Waals surface area contributed by atoms with Gasteiger partial charge in [0.1, 0.15) is 0 Å². The summed E-state index contributed by atoms with van der Waals surface area (Å²) in [4.78, 5) is 18.8. The smallest absolute Gasteiger partial charge is 0.233 e.